The fourth-order valence-corrected chi connectivity index (χ4v) is 1.37. The van der Waals surface area contributed by atoms with E-state index in [0.29, 0.717) is 12.1 Å². The van der Waals surface area contributed by atoms with Gasteiger partial charge in [0.2, 0.25) is 5.91 Å². The molecule has 0 spiro atoms. The molecule has 0 saturated carbocycles. The molecule has 0 atom stereocenters. The van der Waals surface area contributed by atoms with E-state index in [1.165, 1.54) is 18.2 Å². The van der Waals surface area contributed by atoms with Gasteiger partial charge in [-0.2, -0.15) is 0 Å². The fraction of sp³-hybridized carbons (Fsp3) is 0.333. The van der Waals surface area contributed by atoms with Crippen molar-refractivity contribution in [2.45, 2.75) is 27.2 Å². The van der Waals surface area contributed by atoms with Crippen LogP contribution in [0.15, 0.2) is 24.3 Å². The van der Waals surface area contributed by atoms with Crippen LogP contribution in [0.1, 0.15) is 32.8 Å². The number of nitrogens with one attached hydrogen (secondary N) is 1. The minimum absolute atomic E-state index is 0.111. The zero-order valence-corrected chi connectivity index (χ0v) is 11.7. The largest absolute Gasteiger partial charge is 0.478 e. The van der Waals surface area contributed by atoms with Gasteiger partial charge in [-0.1, -0.05) is 20.8 Å². The van der Waals surface area contributed by atoms with Crippen molar-refractivity contribution in [2.24, 2.45) is 5.41 Å². The predicted molar refractivity (Wildman–Crippen MR) is 75.8 cm³/mol. The predicted octanol–water partition coefficient (Wildman–Crippen LogP) is 3.30. The molecule has 4 nitrogen and oxygen atoms in total. The number of anilines is 1. The van der Waals surface area contributed by atoms with E-state index in [9.17, 15) is 14.0 Å². The van der Waals surface area contributed by atoms with Gasteiger partial charge in [0.05, 0.1) is 0 Å². The Morgan fingerprint density at radius 2 is 2.05 bits per heavy atom. The van der Waals surface area contributed by atoms with Crippen molar-refractivity contribution in [1.29, 1.82) is 0 Å². The standard InChI is InChI=1S/C15H18FNO3/c1-4-15(2,3)14(20)17-11-6-7-12(16)10(9-11)5-8-13(18)19/h5-9H,4H2,1-3H3,(H,17,20)(H,18,19)/b8-5+. The minimum Gasteiger partial charge on any atom is -0.478 e. The summed E-state index contributed by atoms with van der Waals surface area (Å²) < 4.78 is 13.5. The second-order valence-corrected chi connectivity index (χ2v) is 5.10. The number of carbonyl (C=O) groups excluding carboxylic acids is 1. The van der Waals surface area contributed by atoms with E-state index in [4.69, 9.17) is 5.11 Å². The molecule has 0 radical (unpaired) electrons. The summed E-state index contributed by atoms with van der Waals surface area (Å²) in [6.07, 6.45) is 2.67. The van der Waals surface area contributed by atoms with E-state index in [1.807, 2.05) is 20.8 Å². The van der Waals surface area contributed by atoms with Gasteiger partial charge in [0.25, 0.3) is 0 Å². The topological polar surface area (TPSA) is 66.4 Å². The summed E-state index contributed by atoms with van der Waals surface area (Å²) in [5.74, 6) is -1.87. The van der Waals surface area contributed by atoms with E-state index in [-0.39, 0.29) is 11.5 Å². The highest BCUT2D eigenvalue weighted by molar-refractivity contribution is 5.95. The number of carboxylic acids is 1. The Kier molecular flexibility index (Phi) is 5.02. The lowest BCUT2D eigenvalue weighted by Crippen LogP contribution is -2.30. The van der Waals surface area contributed by atoms with Crippen LogP contribution in [-0.2, 0) is 9.59 Å². The first-order valence-electron chi connectivity index (χ1n) is 6.28. The third-order valence-electron chi connectivity index (χ3n) is 3.16. The smallest absolute Gasteiger partial charge is 0.328 e. The molecule has 1 rings (SSSR count). The molecule has 5 heteroatoms. The molecular weight excluding hydrogens is 261 g/mol. The first kappa shape index (κ1) is 15.9. The van der Waals surface area contributed by atoms with Crippen LogP contribution < -0.4 is 5.32 Å². The highest BCUT2D eigenvalue weighted by Crippen LogP contribution is 2.23. The van der Waals surface area contributed by atoms with Crippen LogP contribution in [0.25, 0.3) is 6.08 Å². The molecule has 0 bridgehead atoms. The lowest BCUT2D eigenvalue weighted by Gasteiger charge is -2.21. The molecule has 0 aliphatic rings. The lowest BCUT2D eigenvalue weighted by atomic mass is 9.89. The molecule has 0 fully saturated rings. The number of carbonyl (C=O) groups is 2. The normalized spacial score (nSPS) is 11.6. The number of carboxylic acid groups (broad SMARTS) is 1. The molecule has 1 aromatic rings. The molecule has 0 aliphatic carbocycles. The maximum atomic E-state index is 13.5. The van der Waals surface area contributed by atoms with Crippen LogP contribution in [0, 0.1) is 11.2 Å². The van der Waals surface area contributed by atoms with Crippen LogP contribution in [0.3, 0.4) is 0 Å². The summed E-state index contributed by atoms with van der Waals surface area (Å²) in [7, 11) is 0. The van der Waals surface area contributed by atoms with E-state index in [1.54, 1.807) is 0 Å². The Balaban J connectivity index is 2.96. The van der Waals surface area contributed by atoms with Gasteiger partial charge in [0.15, 0.2) is 0 Å². The second-order valence-electron chi connectivity index (χ2n) is 5.10. The summed E-state index contributed by atoms with van der Waals surface area (Å²) in [5.41, 5.74) is 0.0216. The SMILES string of the molecule is CCC(C)(C)C(=O)Nc1ccc(F)c(/C=C/C(=O)O)c1. The van der Waals surface area contributed by atoms with Gasteiger partial charge >= 0.3 is 5.97 Å². The maximum absolute atomic E-state index is 13.5. The average Bonchev–Trinajstić information content (AvgIpc) is 2.39. The molecule has 0 saturated heterocycles. The van der Waals surface area contributed by atoms with Crippen LogP contribution in [0.5, 0.6) is 0 Å². The van der Waals surface area contributed by atoms with Crippen LogP contribution in [-0.4, -0.2) is 17.0 Å². The van der Waals surface area contributed by atoms with Crippen molar-refractivity contribution in [2.75, 3.05) is 5.32 Å². The third-order valence-corrected chi connectivity index (χ3v) is 3.16. The van der Waals surface area contributed by atoms with Crippen molar-refractivity contribution in [3.8, 4) is 0 Å². The number of benzene rings is 1. The van der Waals surface area contributed by atoms with E-state index < -0.39 is 17.2 Å². The molecule has 0 aromatic heterocycles. The van der Waals surface area contributed by atoms with Crippen molar-refractivity contribution >= 4 is 23.6 Å². The molecule has 20 heavy (non-hydrogen) atoms. The lowest BCUT2D eigenvalue weighted by molar-refractivity contribution is -0.131. The van der Waals surface area contributed by atoms with Crippen LogP contribution >= 0.6 is 0 Å². The Hall–Kier alpha value is -2.17. The zero-order valence-electron chi connectivity index (χ0n) is 11.7. The van der Waals surface area contributed by atoms with Gasteiger partial charge < -0.3 is 10.4 Å². The number of rotatable bonds is 5. The van der Waals surface area contributed by atoms with Gasteiger partial charge in [-0.15, -0.1) is 0 Å². The van der Waals surface area contributed by atoms with Crippen molar-refractivity contribution in [3.05, 3.63) is 35.7 Å². The minimum atomic E-state index is -1.16. The number of amides is 1. The van der Waals surface area contributed by atoms with Gasteiger partial charge in [-0.3, -0.25) is 4.79 Å². The molecule has 2 N–H and O–H groups in total. The number of halogens is 1. The Bertz CT molecular complexity index is 550. The Labute approximate surface area is 117 Å². The molecule has 108 valence electrons. The second kappa shape index (κ2) is 6.32. The summed E-state index contributed by atoms with van der Waals surface area (Å²) in [5, 5.41) is 11.2. The Morgan fingerprint density at radius 1 is 1.40 bits per heavy atom. The van der Waals surface area contributed by atoms with E-state index in [2.05, 4.69) is 5.32 Å². The van der Waals surface area contributed by atoms with Crippen molar-refractivity contribution in [3.63, 3.8) is 0 Å². The summed E-state index contributed by atoms with van der Waals surface area (Å²) in [6.45, 7) is 5.54. The van der Waals surface area contributed by atoms with Gasteiger partial charge in [0.1, 0.15) is 5.82 Å². The van der Waals surface area contributed by atoms with E-state index >= 15 is 0 Å². The summed E-state index contributed by atoms with van der Waals surface area (Å²) >= 11 is 0. The highest BCUT2D eigenvalue weighted by atomic mass is 19.1. The van der Waals surface area contributed by atoms with E-state index in [0.717, 1.165) is 12.2 Å². The zero-order chi connectivity index (χ0) is 15.3. The fourth-order valence-electron chi connectivity index (χ4n) is 1.37. The third kappa shape index (κ3) is 4.19. The monoisotopic (exact) mass is 279 g/mol. The maximum Gasteiger partial charge on any atom is 0.328 e. The molecule has 0 aliphatic heterocycles. The molecular formula is C15H18FNO3. The van der Waals surface area contributed by atoms with Gasteiger partial charge in [-0.25, -0.2) is 9.18 Å². The average molecular weight is 279 g/mol. The van der Waals surface area contributed by atoms with Crippen molar-refractivity contribution in [1.82, 2.24) is 0 Å². The number of hydrogen-bond donors (Lipinski definition) is 2. The van der Waals surface area contributed by atoms with Gasteiger partial charge in [0, 0.05) is 22.7 Å². The molecule has 0 heterocycles. The number of hydrogen-bond acceptors (Lipinski definition) is 2. The van der Waals surface area contributed by atoms with Gasteiger partial charge in [-0.05, 0) is 30.7 Å². The first-order valence-corrected chi connectivity index (χ1v) is 6.28. The molecule has 0 unspecified atom stereocenters. The number of aliphatic carboxylic acids is 1. The van der Waals surface area contributed by atoms with Crippen molar-refractivity contribution < 1.29 is 19.1 Å². The summed E-state index contributed by atoms with van der Waals surface area (Å²) in [6, 6.07) is 4.03. The quantitative estimate of drug-likeness (QED) is 0.813. The molecule has 1 amide bonds. The first-order chi connectivity index (χ1) is 9.26. The summed E-state index contributed by atoms with van der Waals surface area (Å²) in [4.78, 5) is 22.4. The Morgan fingerprint density at radius 3 is 2.60 bits per heavy atom. The van der Waals surface area contributed by atoms with Crippen LogP contribution in [0.4, 0.5) is 10.1 Å². The molecule has 1 aromatic carbocycles. The highest BCUT2D eigenvalue weighted by Gasteiger charge is 2.25. The van der Waals surface area contributed by atoms with Crippen LogP contribution in [0.2, 0.25) is 0 Å².